The highest BCUT2D eigenvalue weighted by Crippen LogP contribution is 2.21. The van der Waals surface area contributed by atoms with E-state index in [1.165, 1.54) is 11.3 Å². The molecule has 4 nitrogen and oxygen atoms in total. The van der Waals surface area contributed by atoms with Gasteiger partial charge in [0.2, 0.25) is 6.04 Å². The smallest absolute Gasteiger partial charge is 0.337 e. The molecule has 0 aliphatic carbocycles. The Morgan fingerprint density at radius 3 is 2.82 bits per heavy atom. The molecule has 5 heteroatoms. The average molecular weight is 171 g/mol. The number of hydrogen-bond donors (Lipinski definition) is 1. The molecular formula is C6H5NO3S. The number of nitrogens with zero attached hydrogens (tertiary/aromatic N) is 1. The standard InChI is InChI=1S/C6H5NO3S/c8-6(9)5(7-10)4-2-1-3-11-4/h1-3,5H,(H,8,9). The lowest BCUT2D eigenvalue weighted by molar-refractivity contribution is -0.138. The molecule has 0 fully saturated rings. The van der Waals surface area contributed by atoms with Crippen molar-refractivity contribution in [2.45, 2.75) is 6.04 Å². The number of carbonyl (C=O) groups is 1. The normalized spacial score (nSPS) is 12.4. The van der Waals surface area contributed by atoms with Crippen LogP contribution in [0, 0.1) is 4.91 Å². The second kappa shape index (κ2) is 3.25. The van der Waals surface area contributed by atoms with Gasteiger partial charge in [0.25, 0.3) is 0 Å². The molecule has 0 bridgehead atoms. The maximum absolute atomic E-state index is 10.3. The van der Waals surface area contributed by atoms with Crippen molar-refractivity contribution < 1.29 is 9.90 Å². The van der Waals surface area contributed by atoms with Crippen molar-refractivity contribution in [3.05, 3.63) is 27.3 Å². The van der Waals surface area contributed by atoms with Crippen LogP contribution in [-0.2, 0) is 4.79 Å². The fraction of sp³-hybridized carbons (Fsp3) is 0.167. The summed E-state index contributed by atoms with van der Waals surface area (Å²) in [6, 6.07) is 2.02. The third-order valence-corrected chi connectivity index (χ3v) is 2.08. The van der Waals surface area contributed by atoms with Gasteiger partial charge in [0.05, 0.1) is 0 Å². The molecule has 0 aromatic carbocycles. The number of carboxylic acid groups (broad SMARTS) is 1. The van der Waals surface area contributed by atoms with E-state index < -0.39 is 12.0 Å². The number of rotatable bonds is 3. The first kappa shape index (κ1) is 7.87. The van der Waals surface area contributed by atoms with Gasteiger partial charge >= 0.3 is 5.97 Å². The minimum Gasteiger partial charge on any atom is -0.479 e. The van der Waals surface area contributed by atoms with Crippen molar-refractivity contribution in [3.63, 3.8) is 0 Å². The van der Waals surface area contributed by atoms with Crippen LogP contribution < -0.4 is 0 Å². The Morgan fingerprint density at radius 1 is 1.73 bits per heavy atom. The molecule has 0 aliphatic heterocycles. The Kier molecular flexibility index (Phi) is 2.32. The quantitative estimate of drug-likeness (QED) is 0.703. The van der Waals surface area contributed by atoms with Gasteiger partial charge in [-0.25, -0.2) is 4.79 Å². The van der Waals surface area contributed by atoms with E-state index in [-0.39, 0.29) is 0 Å². The summed E-state index contributed by atoms with van der Waals surface area (Å²) in [7, 11) is 0. The Hall–Kier alpha value is -1.23. The molecule has 0 saturated heterocycles. The maximum Gasteiger partial charge on any atom is 0.337 e. The van der Waals surface area contributed by atoms with E-state index in [0.717, 1.165) is 0 Å². The molecular weight excluding hydrogens is 166 g/mol. The topological polar surface area (TPSA) is 66.7 Å². The molecule has 1 heterocycles. The molecule has 0 aliphatic rings. The van der Waals surface area contributed by atoms with Crippen molar-refractivity contribution in [3.8, 4) is 0 Å². The van der Waals surface area contributed by atoms with Crippen LogP contribution in [0.15, 0.2) is 22.7 Å². The Balaban J connectivity index is 2.88. The van der Waals surface area contributed by atoms with Crippen molar-refractivity contribution >= 4 is 17.3 Å². The van der Waals surface area contributed by atoms with Gasteiger partial charge in [-0.3, -0.25) is 0 Å². The number of carboxylic acids is 1. The van der Waals surface area contributed by atoms with Gasteiger partial charge in [-0.05, 0) is 16.6 Å². The molecule has 0 saturated carbocycles. The molecule has 0 radical (unpaired) electrons. The van der Waals surface area contributed by atoms with Gasteiger partial charge in [-0.15, -0.1) is 16.2 Å². The summed E-state index contributed by atoms with van der Waals surface area (Å²) in [6.45, 7) is 0. The molecule has 1 atom stereocenters. The number of thiophene rings is 1. The van der Waals surface area contributed by atoms with Crippen LogP contribution in [0.1, 0.15) is 10.9 Å². The summed E-state index contributed by atoms with van der Waals surface area (Å²) in [5.74, 6) is -1.21. The SMILES string of the molecule is O=NC(C(=O)O)c1cccs1. The van der Waals surface area contributed by atoms with Crippen LogP contribution in [0.3, 0.4) is 0 Å². The molecule has 58 valence electrons. The molecule has 1 N–H and O–H groups in total. The largest absolute Gasteiger partial charge is 0.479 e. The van der Waals surface area contributed by atoms with Gasteiger partial charge in [0.15, 0.2) is 0 Å². The Morgan fingerprint density at radius 2 is 2.45 bits per heavy atom. The monoisotopic (exact) mass is 171 g/mol. The zero-order chi connectivity index (χ0) is 8.27. The summed E-state index contributed by atoms with van der Waals surface area (Å²) >= 11 is 1.21. The second-order valence-electron chi connectivity index (χ2n) is 1.86. The molecule has 0 amide bonds. The summed E-state index contributed by atoms with van der Waals surface area (Å²) < 4.78 is 0. The Labute approximate surface area is 66.5 Å². The molecule has 1 aromatic heterocycles. The molecule has 1 aromatic rings. The van der Waals surface area contributed by atoms with Crippen LogP contribution in [0.25, 0.3) is 0 Å². The van der Waals surface area contributed by atoms with Gasteiger partial charge in [0.1, 0.15) is 0 Å². The van der Waals surface area contributed by atoms with Gasteiger partial charge in [-0.1, -0.05) is 6.07 Å². The summed E-state index contributed by atoms with van der Waals surface area (Å²) in [5, 5.41) is 12.7. The van der Waals surface area contributed by atoms with Crippen LogP contribution in [0.4, 0.5) is 0 Å². The van der Waals surface area contributed by atoms with E-state index in [1.54, 1.807) is 17.5 Å². The predicted molar refractivity (Wildman–Crippen MR) is 40.5 cm³/mol. The summed E-state index contributed by atoms with van der Waals surface area (Å²) in [4.78, 5) is 20.8. The summed E-state index contributed by atoms with van der Waals surface area (Å²) in [6.07, 6.45) is 0. The van der Waals surface area contributed by atoms with Crippen molar-refractivity contribution in [1.82, 2.24) is 0 Å². The van der Waals surface area contributed by atoms with E-state index in [4.69, 9.17) is 5.11 Å². The lowest BCUT2D eigenvalue weighted by Gasteiger charge is -1.97. The third-order valence-electron chi connectivity index (χ3n) is 1.15. The van der Waals surface area contributed by atoms with E-state index in [0.29, 0.717) is 4.88 Å². The minimum atomic E-state index is -1.24. The summed E-state index contributed by atoms with van der Waals surface area (Å²) in [5.41, 5.74) is 0. The Bertz CT molecular complexity index is 257. The first-order chi connectivity index (χ1) is 5.25. The zero-order valence-corrected chi connectivity index (χ0v) is 6.25. The van der Waals surface area contributed by atoms with Crippen molar-refractivity contribution in [1.29, 1.82) is 0 Å². The van der Waals surface area contributed by atoms with Crippen LogP contribution in [0.5, 0.6) is 0 Å². The average Bonchev–Trinajstić information content (AvgIpc) is 2.40. The molecule has 1 rings (SSSR count). The van der Waals surface area contributed by atoms with Gasteiger partial charge in [0, 0.05) is 4.88 Å². The maximum atomic E-state index is 10.3. The minimum absolute atomic E-state index is 0.465. The highest BCUT2D eigenvalue weighted by molar-refractivity contribution is 7.10. The molecule has 11 heavy (non-hydrogen) atoms. The van der Waals surface area contributed by atoms with E-state index in [1.807, 2.05) is 0 Å². The van der Waals surface area contributed by atoms with Crippen molar-refractivity contribution in [2.24, 2.45) is 5.18 Å². The fourth-order valence-electron chi connectivity index (χ4n) is 0.666. The number of nitroso groups, excluding NO2 is 1. The lowest BCUT2D eigenvalue weighted by Crippen LogP contribution is -2.06. The highest BCUT2D eigenvalue weighted by Gasteiger charge is 2.20. The van der Waals surface area contributed by atoms with Crippen LogP contribution >= 0.6 is 11.3 Å². The van der Waals surface area contributed by atoms with Crippen LogP contribution in [0.2, 0.25) is 0 Å². The third kappa shape index (κ3) is 1.62. The van der Waals surface area contributed by atoms with E-state index >= 15 is 0 Å². The second-order valence-corrected chi connectivity index (χ2v) is 2.84. The van der Waals surface area contributed by atoms with Crippen molar-refractivity contribution in [2.75, 3.05) is 0 Å². The lowest BCUT2D eigenvalue weighted by atomic mass is 10.3. The number of hydrogen-bond acceptors (Lipinski definition) is 4. The van der Waals surface area contributed by atoms with E-state index in [2.05, 4.69) is 5.18 Å². The predicted octanol–water partition coefficient (Wildman–Crippen LogP) is 1.64. The zero-order valence-electron chi connectivity index (χ0n) is 5.43. The van der Waals surface area contributed by atoms with E-state index in [9.17, 15) is 9.70 Å². The first-order valence-electron chi connectivity index (χ1n) is 2.84. The number of aliphatic carboxylic acids is 1. The van der Waals surface area contributed by atoms with Crippen LogP contribution in [-0.4, -0.2) is 11.1 Å². The van der Waals surface area contributed by atoms with Gasteiger partial charge in [-0.2, -0.15) is 0 Å². The highest BCUT2D eigenvalue weighted by atomic mass is 32.1. The fourth-order valence-corrected chi connectivity index (χ4v) is 1.41. The molecule has 1 unspecified atom stereocenters. The molecule has 0 spiro atoms. The first-order valence-corrected chi connectivity index (χ1v) is 3.72. The van der Waals surface area contributed by atoms with Gasteiger partial charge < -0.3 is 5.11 Å².